The fourth-order valence-corrected chi connectivity index (χ4v) is 1.03. The molecule has 1 N–H and O–H groups in total. The molecule has 0 unspecified atom stereocenters. The van der Waals surface area contributed by atoms with E-state index in [1.807, 2.05) is 0 Å². The molecule has 0 spiro atoms. The van der Waals surface area contributed by atoms with Gasteiger partial charge < -0.3 is 4.74 Å². The van der Waals surface area contributed by atoms with Crippen LogP contribution >= 0.6 is 11.6 Å². The molecule has 1 aromatic rings. The predicted molar refractivity (Wildman–Crippen MR) is 50.6 cm³/mol. The summed E-state index contributed by atoms with van der Waals surface area (Å²) >= 11 is 5.59. The van der Waals surface area contributed by atoms with E-state index in [4.69, 9.17) is 16.9 Å². The number of halogens is 1. The van der Waals surface area contributed by atoms with Crippen molar-refractivity contribution in [3.8, 4) is 0 Å². The average molecular weight is 245 g/mol. The molecule has 0 heterocycles. The molecule has 7 heteroatoms. The first kappa shape index (κ1) is 12.2. The third-order valence-corrected chi connectivity index (χ3v) is 1.73. The van der Waals surface area contributed by atoms with Gasteiger partial charge >= 0.3 is 17.9 Å². The van der Waals surface area contributed by atoms with Gasteiger partial charge in [0.15, 0.2) is 0 Å². The molecule has 0 amide bonds. The summed E-state index contributed by atoms with van der Waals surface area (Å²) in [6.45, 7) is 0. The van der Waals surface area contributed by atoms with Gasteiger partial charge in [-0.25, -0.2) is 14.4 Å². The van der Waals surface area contributed by atoms with Crippen molar-refractivity contribution < 1.29 is 29.3 Å². The summed E-state index contributed by atoms with van der Waals surface area (Å²) in [4.78, 5) is 35.5. The van der Waals surface area contributed by atoms with Crippen LogP contribution in [0.15, 0.2) is 24.3 Å². The van der Waals surface area contributed by atoms with Gasteiger partial charge in [-0.2, -0.15) is 5.26 Å². The third kappa shape index (κ3) is 3.04. The number of benzene rings is 1. The number of ether oxygens (including phenoxy) is 1. The lowest BCUT2D eigenvalue weighted by molar-refractivity contribution is -0.235. The minimum absolute atomic E-state index is 0.00779. The van der Waals surface area contributed by atoms with Crippen LogP contribution in [-0.4, -0.2) is 23.2 Å². The van der Waals surface area contributed by atoms with Gasteiger partial charge in [-0.1, -0.05) is 17.7 Å². The molecule has 84 valence electrons. The highest BCUT2D eigenvalue weighted by Gasteiger charge is 2.22. The molecule has 16 heavy (non-hydrogen) atoms. The van der Waals surface area contributed by atoms with Crippen LogP contribution in [0.4, 0.5) is 0 Å². The lowest BCUT2D eigenvalue weighted by Crippen LogP contribution is -2.22. The van der Waals surface area contributed by atoms with Crippen molar-refractivity contribution in [2.75, 3.05) is 0 Å². The molecule has 0 saturated heterocycles. The number of carbonyl (C=O) groups is 3. The molecule has 0 aliphatic rings. The van der Waals surface area contributed by atoms with Crippen LogP contribution in [0, 0.1) is 0 Å². The van der Waals surface area contributed by atoms with Crippen LogP contribution in [0.25, 0.3) is 0 Å². The Labute approximate surface area is 94.3 Å². The monoisotopic (exact) mass is 244 g/mol. The Balaban J connectivity index is 2.73. The van der Waals surface area contributed by atoms with E-state index < -0.39 is 17.9 Å². The largest absolute Gasteiger partial charge is 0.450 e. The van der Waals surface area contributed by atoms with Gasteiger partial charge in [0.05, 0.1) is 5.56 Å². The minimum Gasteiger partial charge on any atom is -0.381 e. The second-order valence-electron chi connectivity index (χ2n) is 2.57. The predicted octanol–water partition coefficient (Wildman–Crippen LogP) is 1.04. The zero-order chi connectivity index (χ0) is 12.1. The topological polar surface area (TPSA) is 89.9 Å². The molecule has 0 radical (unpaired) electrons. The number of carbonyl (C=O) groups excluding carboxylic acids is 3. The van der Waals surface area contributed by atoms with Gasteiger partial charge in [0.1, 0.15) is 0 Å². The Kier molecular flexibility index (Phi) is 3.98. The quantitative estimate of drug-likeness (QED) is 0.261. The second kappa shape index (κ2) is 5.24. The summed E-state index contributed by atoms with van der Waals surface area (Å²) in [5.41, 5.74) is -0.00779. The lowest BCUT2D eigenvalue weighted by Gasteiger charge is -2.00. The highest BCUT2D eigenvalue weighted by molar-refractivity contribution is 6.32. The molecule has 6 nitrogen and oxygen atoms in total. The highest BCUT2D eigenvalue weighted by atomic mass is 35.5. The second-order valence-corrected chi connectivity index (χ2v) is 3.00. The van der Waals surface area contributed by atoms with Crippen molar-refractivity contribution in [2.45, 2.75) is 0 Å². The summed E-state index contributed by atoms with van der Waals surface area (Å²) < 4.78 is 4.07. The van der Waals surface area contributed by atoms with E-state index in [0.717, 1.165) is 0 Å². The van der Waals surface area contributed by atoms with Crippen molar-refractivity contribution in [1.29, 1.82) is 0 Å². The number of hydrogen-bond acceptors (Lipinski definition) is 6. The summed E-state index contributed by atoms with van der Waals surface area (Å²) in [6.07, 6.45) is 0. The van der Waals surface area contributed by atoms with E-state index in [1.165, 1.54) is 24.3 Å². The summed E-state index contributed by atoms with van der Waals surface area (Å²) in [7, 11) is 0. The van der Waals surface area contributed by atoms with E-state index in [-0.39, 0.29) is 10.6 Å². The summed E-state index contributed by atoms with van der Waals surface area (Å²) in [6, 6.07) is 5.57. The zero-order valence-electron chi connectivity index (χ0n) is 7.68. The van der Waals surface area contributed by atoms with E-state index in [0.29, 0.717) is 0 Å². The fraction of sp³-hybridized carbons (Fsp3) is 0. The van der Waals surface area contributed by atoms with Gasteiger partial charge in [-0.05, 0) is 18.2 Å². The molecule has 0 aliphatic carbocycles. The van der Waals surface area contributed by atoms with Crippen molar-refractivity contribution in [2.24, 2.45) is 0 Å². The van der Waals surface area contributed by atoms with Gasteiger partial charge in [0, 0.05) is 5.02 Å². The van der Waals surface area contributed by atoms with Gasteiger partial charge in [0.2, 0.25) is 0 Å². The maximum atomic E-state index is 11.2. The SMILES string of the molecule is O=C(OO)C(=O)OC(=O)c1cccc(Cl)c1. The molecular formula is C9H5ClO6. The van der Waals surface area contributed by atoms with Crippen molar-refractivity contribution in [3.05, 3.63) is 34.9 Å². The Hall–Kier alpha value is -1.92. The molecule has 0 atom stereocenters. The highest BCUT2D eigenvalue weighted by Crippen LogP contribution is 2.11. The number of rotatable bonds is 1. The molecule has 1 aromatic carbocycles. The summed E-state index contributed by atoms with van der Waals surface area (Å²) in [5, 5.41) is 8.12. The molecule has 0 fully saturated rings. The van der Waals surface area contributed by atoms with Crippen molar-refractivity contribution >= 4 is 29.5 Å². The lowest BCUT2D eigenvalue weighted by atomic mass is 10.2. The Morgan fingerprint density at radius 1 is 1.19 bits per heavy atom. The van der Waals surface area contributed by atoms with Crippen LogP contribution < -0.4 is 0 Å². The van der Waals surface area contributed by atoms with E-state index in [9.17, 15) is 14.4 Å². The van der Waals surface area contributed by atoms with Crippen molar-refractivity contribution in [3.63, 3.8) is 0 Å². The Morgan fingerprint density at radius 3 is 2.44 bits per heavy atom. The zero-order valence-corrected chi connectivity index (χ0v) is 8.43. The minimum atomic E-state index is -1.68. The Bertz CT molecular complexity index is 441. The Morgan fingerprint density at radius 2 is 1.88 bits per heavy atom. The standard InChI is InChI=1S/C9H5ClO6/c10-6-3-1-2-5(4-6)7(11)15-8(12)9(13)16-14/h1-4,14H. The maximum Gasteiger partial charge on any atom is 0.450 e. The maximum absolute atomic E-state index is 11.2. The van der Waals surface area contributed by atoms with Gasteiger partial charge in [-0.3, -0.25) is 4.89 Å². The van der Waals surface area contributed by atoms with Gasteiger partial charge in [0.25, 0.3) is 0 Å². The molecule has 0 aromatic heterocycles. The summed E-state index contributed by atoms with van der Waals surface area (Å²) in [5.74, 6) is -4.37. The molecule has 0 aliphatic heterocycles. The van der Waals surface area contributed by atoms with Crippen LogP contribution in [-0.2, 0) is 19.2 Å². The third-order valence-electron chi connectivity index (χ3n) is 1.50. The van der Waals surface area contributed by atoms with Crippen LogP contribution in [0.3, 0.4) is 0 Å². The average Bonchev–Trinajstić information content (AvgIpc) is 2.27. The van der Waals surface area contributed by atoms with Crippen LogP contribution in [0.5, 0.6) is 0 Å². The molecule has 0 saturated carbocycles. The number of hydrogen-bond donors (Lipinski definition) is 1. The molecule has 0 bridgehead atoms. The van der Waals surface area contributed by atoms with E-state index in [1.54, 1.807) is 0 Å². The first-order valence-corrected chi connectivity index (χ1v) is 4.30. The number of esters is 2. The molecule has 1 rings (SSSR count). The van der Waals surface area contributed by atoms with E-state index in [2.05, 4.69) is 9.62 Å². The smallest absolute Gasteiger partial charge is 0.381 e. The molecular weight excluding hydrogens is 240 g/mol. The van der Waals surface area contributed by atoms with Crippen LogP contribution in [0.1, 0.15) is 10.4 Å². The van der Waals surface area contributed by atoms with Gasteiger partial charge in [-0.15, -0.1) is 0 Å². The normalized spacial score (nSPS) is 9.38. The first-order valence-electron chi connectivity index (χ1n) is 3.92. The fourth-order valence-electron chi connectivity index (χ4n) is 0.838. The first-order chi connectivity index (χ1) is 7.54. The van der Waals surface area contributed by atoms with Crippen molar-refractivity contribution in [1.82, 2.24) is 0 Å². The van der Waals surface area contributed by atoms with Crippen LogP contribution in [0.2, 0.25) is 5.02 Å². The van der Waals surface area contributed by atoms with E-state index >= 15 is 0 Å².